The molecule has 56 valence electrons. The molecule has 0 aliphatic carbocycles. The lowest BCUT2D eigenvalue weighted by atomic mass is 10.3. The van der Waals surface area contributed by atoms with Gasteiger partial charge in [0.15, 0.2) is 12.1 Å². The van der Waals surface area contributed by atoms with Gasteiger partial charge in [-0.15, -0.1) is 0 Å². The Balaban J connectivity index is 2.87. The molecule has 0 atom stereocenters. The minimum atomic E-state index is -0.816. The monoisotopic (exact) mass is 151 g/mol. The van der Waals surface area contributed by atoms with Gasteiger partial charge in [0.05, 0.1) is 5.69 Å². The zero-order valence-electron chi connectivity index (χ0n) is 5.70. The molecule has 0 saturated heterocycles. The number of hydrogen-bond donors (Lipinski definition) is 0. The molecule has 1 heterocycles. The Morgan fingerprint density at radius 1 is 1.55 bits per heavy atom. The second-order valence-corrected chi connectivity index (χ2v) is 1.90. The maximum atomic E-state index is 12.3. The van der Waals surface area contributed by atoms with Gasteiger partial charge in [0.2, 0.25) is 0 Å². The molecule has 2 nitrogen and oxygen atoms in total. The lowest BCUT2D eigenvalue weighted by Crippen LogP contribution is -1.79. The van der Waals surface area contributed by atoms with Crippen molar-refractivity contribution in [3.8, 4) is 0 Å². The second-order valence-electron chi connectivity index (χ2n) is 1.90. The maximum absolute atomic E-state index is 12.3. The van der Waals surface area contributed by atoms with Crippen LogP contribution in [0, 0.1) is 0 Å². The highest BCUT2D eigenvalue weighted by molar-refractivity contribution is 5.77. The molecule has 0 aliphatic heterocycles. The van der Waals surface area contributed by atoms with Crippen LogP contribution in [0.3, 0.4) is 0 Å². The summed E-state index contributed by atoms with van der Waals surface area (Å²) in [7, 11) is 0. The largest absolute Gasteiger partial charge is 0.295 e. The summed E-state index contributed by atoms with van der Waals surface area (Å²) in [5.41, 5.74) is 0.442. The predicted molar refractivity (Wildman–Crippen MR) is 39.4 cm³/mol. The first-order valence-electron chi connectivity index (χ1n) is 3.06. The summed E-state index contributed by atoms with van der Waals surface area (Å²) >= 11 is 0. The van der Waals surface area contributed by atoms with Gasteiger partial charge >= 0.3 is 0 Å². The normalized spacial score (nSPS) is 11.2. The number of allylic oxidation sites excluding steroid dienone is 1. The van der Waals surface area contributed by atoms with Gasteiger partial charge in [-0.05, 0) is 12.1 Å². The van der Waals surface area contributed by atoms with Gasteiger partial charge in [-0.3, -0.25) is 9.78 Å². The lowest BCUT2D eigenvalue weighted by Gasteiger charge is -1.88. The number of aldehydes is 1. The number of halogens is 1. The van der Waals surface area contributed by atoms with E-state index in [-0.39, 0.29) is 6.29 Å². The molecule has 1 aromatic rings. The first kappa shape index (κ1) is 7.60. The first-order valence-corrected chi connectivity index (χ1v) is 3.06. The van der Waals surface area contributed by atoms with E-state index in [1.807, 2.05) is 0 Å². The fourth-order valence-electron chi connectivity index (χ4n) is 0.637. The van der Waals surface area contributed by atoms with Crippen molar-refractivity contribution in [2.75, 3.05) is 0 Å². The van der Waals surface area contributed by atoms with Crippen LogP contribution in [0.5, 0.6) is 0 Å². The highest BCUT2D eigenvalue weighted by atomic mass is 19.1. The summed E-state index contributed by atoms with van der Waals surface area (Å²) in [6, 6.07) is 5.05. The van der Waals surface area contributed by atoms with Gasteiger partial charge in [-0.25, -0.2) is 4.39 Å². The van der Waals surface area contributed by atoms with E-state index in [0.29, 0.717) is 5.69 Å². The average Bonchev–Trinajstić information content (AvgIpc) is 2.06. The molecule has 0 unspecified atom stereocenters. The van der Waals surface area contributed by atoms with Crippen molar-refractivity contribution in [2.45, 2.75) is 0 Å². The second kappa shape index (κ2) is 3.61. The van der Waals surface area contributed by atoms with Crippen LogP contribution in [0.15, 0.2) is 30.2 Å². The molecule has 0 aliphatic rings. The van der Waals surface area contributed by atoms with Crippen LogP contribution in [0.4, 0.5) is 4.39 Å². The zero-order chi connectivity index (χ0) is 8.10. The van der Waals surface area contributed by atoms with Crippen LogP contribution in [-0.4, -0.2) is 11.3 Å². The zero-order valence-corrected chi connectivity index (χ0v) is 5.70. The van der Waals surface area contributed by atoms with Crippen LogP contribution in [0.2, 0.25) is 0 Å². The summed E-state index contributed by atoms with van der Waals surface area (Å²) in [4.78, 5) is 13.6. The quantitative estimate of drug-likeness (QED) is 0.474. The van der Waals surface area contributed by atoms with Gasteiger partial charge in [0.25, 0.3) is 0 Å². The van der Waals surface area contributed by atoms with Crippen molar-refractivity contribution in [2.24, 2.45) is 0 Å². The van der Waals surface area contributed by atoms with Crippen molar-refractivity contribution in [1.82, 2.24) is 4.98 Å². The fraction of sp³-hybridized carbons (Fsp3) is 0. The van der Waals surface area contributed by atoms with E-state index in [9.17, 15) is 9.18 Å². The van der Waals surface area contributed by atoms with Crippen LogP contribution in [-0.2, 0) is 4.79 Å². The molecule has 0 saturated carbocycles. The predicted octanol–water partition coefficient (Wildman–Crippen LogP) is 1.59. The van der Waals surface area contributed by atoms with Crippen molar-refractivity contribution in [3.05, 3.63) is 35.9 Å². The lowest BCUT2D eigenvalue weighted by molar-refractivity contribution is -0.106. The van der Waals surface area contributed by atoms with Crippen molar-refractivity contribution < 1.29 is 9.18 Å². The minimum absolute atomic E-state index is 0.147. The topological polar surface area (TPSA) is 30.0 Å². The first-order chi connectivity index (χ1) is 5.33. The van der Waals surface area contributed by atoms with Crippen molar-refractivity contribution in [3.63, 3.8) is 0 Å². The Kier molecular flexibility index (Phi) is 2.49. The number of carbonyl (C=O) groups excluding carboxylic acids is 1. The SMILES string of the molecule is O=CC(F)=Cc1ccccn1. The number of nitrogens with zero attached hydrogens (tertiary/aromatic N) is 1. The Labute approximate surface area is 63.4 Å². The van der Waals surface area contributed by atoms with Crippen LogP contribution >= 0.6 is 0 Å². The molecule has 1 aromatic heterocycles. The van der Waals surface area contributed by atoms with Gasteiger partial charge < -0.3 is 0 Å². The van der Waals surface area contributed by atoms with Crippen LogP contribution in [0.25, 0.3) is 6.08 Å². The van der Waals surface area contributed by atoms with E-state index in [2.05, 4.69) is 4.98 Å². The summed E-state index contributed by atoms with van der Waals surface area (Å²) in [6.07, 6.45) is 2.76. The third-order valence-electron chi connectivity index (χ3n) is 1.09. The van der Waals surface area contributed by atoms with E-state index in [1.165, 1.54) is 6.20 Å². The van der Waals surface area contributed by atoms with Crippen molar-refractivity contribution in [1.29, 1.82) is 0 Å². The Hall–Kier alpha value is -1.51. The van der Waals surface area contributed by atoms with E-state index in [1.54, 1.807) is 18.2 Å². The van der Waals surface area contributed by atoms with Crippen LogP contribution < -0.4 is 0 Å². The number of carbonyl (C=O) groups is 1. The van der Waals surface area contributed by atoms with E-state index < -0.39 is 5.83 Å². The molecule has 11 heavy (non-hydrogen) atoms. The molecule has 0 fully saturated rings. The third-order valence-corrected chi connectivity index (χ3v) is 1.09. The molecule has 0 radical (unpaired) electrons. The number of hydrogen-bond acceptors (Lipinski definition) is 2. The standard InChI is InChI=1S/C8H6FNO/c9-7(6-11)5-8-3-1-2-4-10-8/h1-6H. The van der Waals surface area contributed by atoms with Gasteiger partial charge in [-0.1, -0.05) is 6.07 Å². The van der Waals surface area contributed by atoms with Crippen molar-refractivity contribution >= 4 is 12.4 Å². The van der Waals surface area contributed by atoms with E-state index in [4.69, 9.17) is 0 Å². The fourth-order valence-corrected chi connectivity index (χ4v) is 0.637. The minimum Gasteiger partial charge on any atom is -0.295 e. The van der Waals surface area contributed by atoms with Gasteiger partial charge in [0.1, 0.15) is 0 Å². The molecule has 0 N–H and O–H groups in total. The average molecular weight is 151 g/mol. The molecule has 0 aromatic carbocycles. The van der Waals surface area contributed by atoms with E-state index >= 15 is 0 Å². The van der Waals surface area contributed by atoms with Crippen LogP contribution in [0.1, 0.15) is 5.69 Å². The molecule has 0 bridgehead atoms. The smallest absolute Gasteiger partial charge is 0.178 e. The van der Waals surface area contributed by atoms with Gasteiger partial charge in [-0.2, -0.15) is 0 Å². The number of aromatic nitrogens is 1. The number of rotatable bonds is 2. The number of pyridine rings is 1. The molecular formula is C8H6FNO. The Morgan fingerprint density at radius 3 is 2.91 bits per heavy atom. The molecule has 0 spiro atoms. The molecule has 0 amide bonds. The highest BCUT2D eigenvalue weighted by Crippen LogP contribution is 2.01. The maximum Gasteiger partial charge on any atom is 0.178 e. The Morgan fingerprint density at radius 2 is 2.36 bits per heavy atom. The third kappa shape index (κ3) is 2.29. The van der Waals surface area contributed by atoms with E-state index in [0.717, 1.165) is 6.08 Å². The Bertz CT molecular complexity index is 269. The molecule has 3 heteroatoms. The summed E-state index contributed by atoms with van der Waals surface area (Å²) in [5.74, 6) is -0.816. The summed E-state index contributed by atoms with van der Waals surface area (Å²) in [5, 5.41) is 0. The molecule has 1 rings (SSSR count). The van der Waals surface area contributed by atoms with Gasteiger partial charge in [0, 0.05) is 12.3 Å². The summed E-state index contributed by atoms with van der Waals surface area (Å²) in [6.45, 7) is 0. The highest BCUT2D eigenvalue weighted by Gasteiger charge is 1.91. The summed E-state index contributed by atoms with van der Waals surface area (Å²) < 4.78 is 12.3. The molecular weight excluding hydrogens is 145 g/mol.